The predicted molar refractivity (Wildman–Crippen MR) is 70.5 cm³/mol. The van der Waals surface area contributed by atoms with Crippen LogP contribution in [0.3, 0.4) is 0 Å². The van der Waals surface area contributed by atoms with Crippen LogP contribution in [0.4, 0.5) is 5.69 Å². The van der Waals surface area contributed by atoms with Gasteiger partial charge in [-0.1, -0.05) is 6.07 Å². The number of likely N-dealkylation sites (tertiary alicyclic amines) is 1. The molecule has 1 atom stereocenters. The molecule has 1 heterocycles. The lowest BCUT2D eigenvalue weighted by atomic mass is 10.1. The number of likely N-dealkylation sites (N-methyl/N-ethyl adjacent to an activating group) is 1. The Bertz CT molecular complexity index is 448. The summed E-state index contributed by atoms with van der Waals surface area (Å²) in [5, 5.41) is 12.6. The molecule has 1 fully saturated rings. The number of nitrogens with two attached hydrogens (primary N) is 1. The molecule has 0 aliphatic carbocycles. The highest BCUT2D eigenvalue weighted by atomic mass is 16.3. The largest absolute Gasteiger partial charge is 0.505 e. The van der Waals surface area contributed by atoms with Gasteiger partial charge in [-0.3, -0.25) is 4.79 Å². The SMILES string of the molecule is CN1CCCC1CNC(=O)c1cccc(N)c1O. The molecule has 1 aliphatic heterocycles. The second-order valence-corrected chi connectivity index (χ2v) is 4.73. The summed E-state index contributed by atoms with van der Waals surface area (Å²) < 4.78 is 0. The number of nitrogens with zero attached hydrogens (tertiary/aromatic N) is 1. The third-order valence-corrected chi connectivity index (χ3v) is 3.48. The van der Waals surface area contributed by atoms with E-state index in [-0.39, 0.29) is 22.9 Å². The molecule has 98 valence electrons. The molecular formula is C13H19N3O2. The normalized spacial score (nSPS) is 19.9. The first-order valence-corrected chi connectivity index (χ1v) is 6.15. The van der Waals surface area contributed by atoms with Gasteiger partial charge in [0.05, 0.1) is 11.3 Å². The van der Waals surface area contributed by atoms with Crippen LogP contribution in [0, 0.1) is 0 Å². The van der Waals surface area contributed by atoms with E-state index >= 15 is 0 Å². The van der Waals surface area contributed by atoms with Crippen molar-refractivity contribution < 1.29 is 9.90 Å². The van der Waals surface area contributed by atoms with Gasteiger partial charge >= 0.3 is 0 Å². The van der Waals surface area contributed by atoms with Crippen molar-refractivity contribution in [1.29, 1.82) is 0 Å². The van der Waals surface area contributed by atoms with Gasteiger partial charge in [0.2, 0.25) is 0 Å². The summed E-state index contributed by atoms with van der Waals surface area (Å²) in [6.45, 7) is 1.67. The number of nitrogen functional groups attached to an aromatic ring is 1. The Balaban J connectivity index is 1.97. The van der Waals surface area contributed by atoms with Gasteiger partial charge in [-0.15, -0.1) is 0 Å². The van der Waals surface area contributed by atoms with Gasteiger partial charge in [-0.25, -0.2) is 0 Å². The van der Waals surface area contributed by atoms with Crippen LogP contribution < -0.4 is 11.1 Å². The second-order valence-electron chi connectivity index (χ2n) is 4.73. The molecule has 0 aromatic heterocycles. The molecule has 1 aliphatic rings. The van der Waals surface area contributed by atoms with E-state index in [1.165, 1.54) is 6.42 Å². The van der Waals surface area contributed by atoms with Crippen LogP contribution in [0.15, 0.2) is 18.2 Å². The molecule has 2 rings (SSSR count). The first kappa shape index (κ1) is 12.7. The van der Waals surface area contributed by atoms with Gasteiger partial charge in [-0.2, -0.15) is 0 Å². The summed E-state index contributed by atoms with van der Waals surface area (Å²) in [6, 6.07) is 5.18. The number of phenols is 1. The average molecular weight is 249 g/mol. The van der Waals surface area contributed by atoms with Crippen molar-refractivity contribution in [3.63, 3.8) is 0 Å². The third-order valence-electron chi connectivity index (χ3n) is 3.48. The van der Waals surface area contributed by atoms with Crippen molar-refractivity contribution in [2.45, 2.75) is 18.9 Å². The molecule has 5 heteroatoms. The van der Waals surface area contributed by atoms with Gasteiger partial charge in [0.25, 0.3) is 5.91 Å². The van der Waals surface area contributed by atoms with Gasteiger partial charge in [0, 0.05) is 12.6 Å². The van der Waals surface area contributed by atoms with Gasteiger partial charge in [0.1, 0.15) is 0 Å². The van der Waals surface area contributed by atoms with Crippen LogP contribution in [0.25, 0.3) is 0 Å². The highest BCUT2D eigenvalue weighted by molar-refractivity contribution is 5.98. The lowest BCUT2D eigenvalue weighted by Gasteiger charge is -2.19. The number of carbonyl (C=O) groups is 1. The molecule has 0 saturated carbocycles. The molecular weight excluding hydrogens is 230 g/mol. The molecule has 1 aromatic carbocycles. The van der Waals surface area contributed by atoms with Gasteiger partial charge in [-0.05, 0) is 38.6 Å². The Kier molecular flexibility index (Phi) is 3.72. The molecule has 5 nitrogen and oxygen atoms in total. The Morgan fingerprint density at radius 3 is 3.06 bits per heavy atom. The Labute approximate surface area is 107 Å². The molecule has 0 radical (unpaired) electrons. The first-order chi connectivity index (χ1) is 8.59. The van der Waals surface area contributed by atoms with E-state index in [1.807, 2.05) is 0 Å². The predicted octanol–water partition coefficient (Wildman–Crippen LogP) is 0.798. The first-order valence-electron chi connectivity index (χ1n) is 6.15. The second kappa shape index (κ2) is 5.27. The van der Waals surface area contributed by atoms with Crippen molar-refractivity contribution in [2.24, 2.45) is 0 Å². The fraction of sp³-hybridized carbons (Fsp3) is 0.462. The third kappa shape index (κ3) is 2.56. The monoisotopic (exact) mass is 249 g/mol. The number of amides is 1. The average Bonchev–Trinajstić information content (AvgIpc) is 2.75. The minimum absolute atomic E-state index is 0.144. The van der Waals surface area contributed by atoms with E-state index in [0.717, 1.165) is 13.0 Å². The maximum Gasteiger partial charge on any atom is 0.255 e. The molecule has 1 saturated heterocycles. The van der Waals surface area contributed by atoms with Crippen LogP contribution in [0.2, 0.25) is 0 Å². The van der Waals surface area contributed by atoms with Crippen LogP contribution in [-0.4, -0.2) is 42.1 Å². The lowest BCUT2D eigenvalue weighted by molar-refractivity contribution is 0.0941. The number of anilines is 1. The summed E-state index contributed by atoms with van der Waals surface area (Å²) in [7, 11) is 2.06. The number of carbonyl (C=O) groups excluding carboxylic acids is 1. The maximum atomic E-state index is 11.9. The van der Waals surface area contributed by atoms with Crippen molar-refractivity contribution in [3.05, 3.63) is 23.8 Å². The van der Waals surface area contributed by atoms with Crippen LogP contribution in [0.5, 0.6) is 5.75 Å². The minimum atomic E-state index is -0.278. The summed E-state index contributed by atoms with van der Waals surface area (Å²) in [6.07, 6.45) is 2.26. The molecule has 18 heavy (non-hydrogen) atoms. The van der Waals surface area contributed by atoms with Crippen LogP contribution in [0.1, 0.15) is 23.2 Å². The number of benzene rings is 1. The quantitative estimate of drug-likeness (QED) is 0.547. The zero-order valence-electron chi connectivity index (χ0n) is 10.5. The maximum absolute atomic E-state index is 11.9. The van der Waals surface area contributed by atoms with Gasteiger partial charge in [0.15, 0.2) is 5.75 Å². The number of hydrogen-bond donors (Lipinski definition) is 3. The zero-order chi connectivity index (χ0) is 13.1. The minimum Gasteiger partial charge on any atom is -0.505 e. The summed E-state index contributed by atoms with van der Waals surface area (Å²) in [5.74, 6) is -0.421. The van der Waals surface area contributed by atoms with Gasteiger partial charge < -0.3 is 21.1 Å². The Morgan fingerprint density at radius 1 is 1.61 bits per heavy atom. The van der Waals surface area contributed by atoms with E-state index < -0.39 is 0 Å². The molecule has 1 amide bonds. The zero-order valence-corrected chi connectivity index (χ0v) is 10.5. The number of rotatable bonds is 3. The van der Waals surface area contributed by atoms with Crippen molar-refractivity contribution in [1.82, 2.24) is 10.2 Å². The number of para-hydroxylation sites is 1. The van der Waals surface area contributed by atoms with E-state index in [9.17, 15) is 9.90 Å². The fourth-order valence-corrected chi connectivity index (χ4v) is 2.29. The highest BCUT2D eigenvalue weighted by Gasteiger charge is 2.22. The van der Waals surface area contributed by atoms with Crippen molar-refractivity contribution in [2.75, 3.05) is 25.9 Å². The smallest absolute Gasteiger partial charge is 0.255 e. The van der Waals surface area contributed by atoms with E-state index in [0.29, 0.717) is 12.6 Å². The number of hydrogen-bond acceptors (Lipinski definition) is 4. The Hall–Kier alpha value is -1.75. The Morgan fingerprint density at radius 2 is 2.39 bits per heavy atom. The summed E-state index contributed by atoms with van der Waals surface area (Å²) >= 11 is 0. The molecule has 0 bridgehead atoms. The highest BCUT2D eigenvalue weighted by Crippen LogP contribution is 2.24. The van der Waals surface area contributed by atoms with E-state index in [2.05, 4.69) is 17.3 Å². The van der Waals surface area contributed by atoms with E-state index in [1.54, 1.807) is 18.2 Å². The van der Waals surface area contributed by atoms with Crippen LogP contribution in [-0.2, 0) is 0 Å². The molecule has 0 spiro atoms. The summed E-state index contributed by atoms with van der Waals surface area (Å²) in [4.78, 5) is 14.2. The molecule has 1 unspecified atom stereocenters. The summed E-state index contributed by atoms with van der Waals surface area (Å²) in [5.41, 5.74) is 6.02. The molecule has 4 N–H and O–H groups in total. The van der Waals surface area contributed by atoms with Crippen LogP contribution >= 0.6 is 0 Å². The number of nitrogens with one attached hydrogen (secondary N) is 1. The number of phenolic OH excluding ortho intramolecular Hbond substituents is 1. The fourth-order valence-electron chi connectivity index (χ4n) is 2.29. The van der Waals surface area contributed by atoms with Crippen molar-refractivity contribution >= 4 is 11.6 Å². The van der Waals surface area contributed by atoms with Crippen molar-refractivity contribution in [3.8, 4) is 5.75 Å². The standard InChI is InChI=1S/C13H19N3O2/c1-16-7-3-4-9(16)8-15-13(18)10-5-2-6-11(14)12(10)17/h2,5-6,9,17H,3-4,7-8,14H2,1H3,(H,15,18). The topological polar surface area (TPSA) is 78.6 Å². The lowest BCUT2D eigenvalue weighted by Crippen LogP contribution is -2.38. The molecule has 1 aromatic rings. The number of aromatic hydroxyl groups is 1. The van der Waals surface area contributed by atoms with E-state index in [4.69, 9.17) is 5.73 Å².